The first kappa shape index (κ1) is 15.9. The molecule has 2 aromatic rings. The lowest BCUT2D eigenvalue weighted by Gasteiger charge is -2.20. The van der Waals surface area contributed by atoms with Crippen LogP contribution in [0.5, 0.6) is 0 Å². The van der Waals surface area contributed by atoms with E-state index in [1.165, 1.54) is 12.1 Å². The normalized spacial score (nSPS) is 12.4. The molecule has 2 rings (SSSR count). The first-order valence-corrected chi connectivity index (χ1v) is 7.58. The highest BCUT2D eigenvalue weighted by Crippen LogP contribution is 2.25. The lowest BCUT2D eigenvalue weighted by molar-refractivity contribution is 0.513. The van der Waals surface area contributed by atoms with Crippen molar-refractivity contribution < 1.29 is 4.39 Å². The number of rotatable bonds is 6. The van der Waals surface area contributed by atoms with Crippen LogP contribution in [0, 0.1) is 12.7 Å². The number of nitrogens with one attached hydrogen (secondary N) is 1. The third kappa shape index (κ3) is 4.26. The number of aromatic nitrogens is 1. The Morgan fingerprint density at radius 3 is 2.86 bits per heavy atom. The quantitative estimate of drug-likeness (QED) is 0.852. The van der Waals surface area contributed by atoms with Gasteiger partial charge >= 0.3 is 0 Å². The summed E-state index contributed by atoms with van der Waals surface area (Å²) in [7, 11) is 0. The molecule has 0 aliphatic heterocycles. The summed E-state index contributed by atoms with van der Waals surface area (Å²) in [6.07, 6.45) is 3.43. The van der Waals surface area contributed by atoms with Gasteiger partial charge in [-0.25, -0.2) is 4.39 Å². The zero-order valence-corrected chi connectivity index (χ0v) is 13.1. The Morgan fingerprint density at radius 2 is 2.14 bits per heavy atom. The van der Waals surface area contributed by atoms with Crippen LogP contribution in [0.4, 0.5) is 4.39 Å². The van der Waals surface area contributed by atoms with Crippen LogP contribution in [0.2, 0.25) is 5.02 Å². The SMILES string of the molecule is CCCNC(Cc1cc(F)ccc1Cl)c1ncccc1C. The van der Waals surface area contributed by atoms with Gasteiger partial charge in [0.25, 0.3) is 0 Å². The van der Waals surface area contributed by atoms with Crippen molar-refractivity contribution in [3.63, 3.8) is 0 Å². The Morgan fingerprint density at radius 1 is 1.33 bits per heavy atom. The van der Waals surface area contributed by atoms with E-state index in [1.54, 1.807) is 12.3 Å². The Kier molecular flexibility index (Phi) is 5.71. The van der Waals surface area contributed by atoms with Gasteiger partial charge in [0, 0.05) is 11.2 Å². The Bertz CT molecular complexity index is 601. The van der Waals surface area contributed by atoms with E-state index in [0.717, 1.165) is 29.8 Å². The molecule has 2 nitrogen and oxygen atoms in total. The summed E-state index contributed by atoms with van der Waals surface area (Å²) < 4.78 is 13.4. The van der Waals surface area contributed by atoms with Crippen LogP contribution in [0.15, 0.2) is 36.5 Å². The van der Waals surface area contributed by atoms with E-state index in [-0.39, 0.29) is 11.9 Å². The van der Waals surface area contributed by atoms with E-state index in [9.17, 15) is 4.39 Å². The third-order valence-corrected chi connectivity index (χ3v) is 3.82. The molecular formula is C17H20ClFN2. The van der Waals surface area contributed by atoms with Gasteiger partial charge < -0.3 is 5.32 Å². The van der Waals surface area contributed by atoms with E-state index in [0.29, 0.717) is 11.4 Å². The fourth-order valence-electron chi connectivity index (χ4n) is 2.37. The molecule has 1 unspecified atom stereocenters. The molecule has 0 bridgehead atoms. The highest BCUT2D eigenvalue weighted by Gasteiger charge is 2.17. The van der Waals surface area contributed by atoms with E-state index in [2.05, 4.69) is 17.2 Å². The van der Waals surface area contributed by atoms with Gasteiger partial charge in [0.05, 0.1) is 11.7 Å². The van der Waals surface area contributed by atoms with Crippen LogP contribution in [-0.2, 0) is 6.42 Å². The van der Waals surface area contributed by atoms with Crippen molar-refractivity contribution in [2.24, 2.45) is 0 Å². The second-order valence-corrected chi connectivity index (χ2v) is 5.56. The van der Waals surface area contributed by atoms with E-state index in [4.69, 9.17) is 11.6 Å². The van der Waals surface area contributed by atoms with Crippen molar-refractivity contribution in [1.82, 2.24) is 10.3 Å². The van der Waals surface area contributed by atoms with Gasteiger partial charge in [-0.2, -0.15) is 0 Å². The van der Waals surface area contributed by atoms with Gasteiger partial charge in [0.1, 0.15) is 5.82 Å². The number of aryl methyl sites for hydroxylation is 1. The van der Waals surface area contributed by atoms with Crippen LogP contribution < -0.4 is 5.32 Å². The van der Waals surface area contributed by atoms with Crippen molar-refractivity contribution in [3.8, 4) is 0 Å². The maximum Gasteiger partial charge on any atom is 0.123 e. The van der Waals surface area contributed by atoms with Crippen molar-refractivity contribution in [3.05, 3.63) is 64.2 Å². The minimum Gasteiger partial charge on any atom is -0.308 e. The number of hydrogen-bond donors (Lipinski definition) is 1. The van der Waals surface area contributed by atoms with Gasteiger partial charge in [-0.3, -0.25) is 4.98 Å². The average Bonchev–Trinajstić information content (AvgIpc) is 2.48. The predicted molar refractivity (Wildman–Crippen MR) is 85.1 cm³/mol. The first-order chi connectivity index (χ1) is 10.1. The summed E-state index contributed by atoms with van der Waals surface area (Å²) in [6, 6.07) is 8.48. The molecule has 0 saturated carbocycles. The third-order valence-electron chi connectivity index (χ3n) is 3.45. The molecule has 1 atom stereocenters. The molecule has 1 heterocycles. The maximum atomic E-state index is 13.4. The molecule has 0 radical (unpaired) electrons. The molecule has 0 amide bonds. The van der Waals surface area contributed by atoms with Crippen LogP contribution >= 0.6 is 11.6 Å². The Hall–Kier alpha value is -1.45. The summed E-state index contributed by atoms with van der Waals surface area (Å²) >= 11 is 6.19. The Labute approximate surface area is 130 Å². The first-order valence-electron chi connectivity index (χ1n) is 7.20. The van der Waals surface area contributed by atoms with Crippen LogP contribution in [0.25, 0.3) is 0 Å². The van der Waals surface area contributed by atoms with E-state index in [1.807, 2.05) is 19.1 Å². The summed E-state index contributed by atoms with van der Waals surface area (Å²) in [6.45, 7) is 5.04. The zero-order chi connectivity index (χ0) is 15.2. The number of hydrogen-bond acceptors (Lipinski definition) is 2. The van der Waals surface area contributed by atoms with Crippen molar-refractivity contribution >= 4 is 11.6 Å². The lowest BCUT2D eigenvalue weighted by Crippen LogP contribution is -2.26. The molecule has 0 spiro atoms. The fraction of sp³-hybridized carbons (Fsp3) is 0.353. The zero-order valence-electron chi connectivity index (χ0n) is 12.4. The fourth-order valence-corrected chi connectivity index (χ4v) is 2.56. The molecule has 0 saturated heterocycles. The largest absolute Gasteiger partial charge is 0.308 e. The molecule has 1 aromatic carbocycles. The average molecular weight is 307 g/mol. The number of pyridine rings is 1. The van der Waals surface area contributed by atoms with Gasteiger partial charge in [0.2, 0.25) is 0 Å². The highest BCUT2D eigenvalue weighted by atomic mass is 35.5. The molecule has 0 fully saturated rings. The van der Waals surface area contributed by atoms with E-state index >= 15 is 0 Å². The molecular weight excluding hydrogens is 287 g/mol. The highest BCUT2D eigenvalue weighted by molar-refractivity contribution is 6.31. The lowest BCUT2D eigenvalue weighted by atomic mass is 9.99. The summed E-state index contributed by atoms with van der Waals surface area (Å²) in [4.78, 5) is 4.48. The summed E-state index contributed by atoms with van der Waals surface area (Å²) in [5.41, 5.74) is 2.92. The smallest absolute Gasteiger partial charge is 0.123 e. The molecule has 1 N–H and O–H groups in total. The van der Waals surface area contributed by atoms with Gasteiger partial charge in [-0.05, 0) is 61.7 Å². The molecule has 21 heavy (non-hydrogen) atoms. The minimum absolute atomic E-state index is 0.0328. The topological polar surface area (TPSA) is 24.9 Å². The molecule has 0 aliphatic carbocycles. The second-order valence-electron chi connectivity index (χ2n) is 5.15. The number of halogens is 2. The summed E-state index contributed by atoms with van der Waals surface area (Å²) in [5.74, 6) is -0.263. The predicted octanol–water partition coefficient (Wildman–Crippen LogP) is 4.47. The van der Waals surface area contributed by atoms with E-state index < -0.39 is 0 Å². The van der Waals surface area contributed by atoms with Crippen LogP contribution in [0.1, 0.15) is 36.2 Å². The minimum atomic E-state index is -0.263. The molecule has 112 valence electrons. The van der Waals surface area contributed by atoms with Gasteiger partial charge in [0.15, 0.2) is 0 Å². The molecule has 1 aromatic heterocycles. The van der Waals surface area contributed by atoms with Crippen LogP contribution in [-0.4, -0.2) is 11.5 Å². The van der Waals surface area contributed by atoms with Crippen LogP contribution in [0.3, 0.4) is 0 Å². The monoisotopic (exact) mass is 306 g/mol. The van der Waals surface area contributed by atoms with Crippen molar-refractivity contribution in [2.45, 2.75) is 32.7 Å². The Balaban J connectivity index is 2.28. The van der Waals surface area contributed by atoms with Crippen molar-refractivity contribution in [2.75, 3.05) is 6.54 Å². The summed E-state index contributed by atoms with van der Waals surface area (Å²) in [5, 5.41) is 4.07. The second kappa shape index (κ2) is 7.53. The standard InChI is InChI=1S/C17H20ClFN2/c1-3-8-20-16(17-12(2)5-4-9-21-17)11-13-10-14(19)6-7-15(13)18/h4-7,9-10,16,20H,3,8,11H2,1-2H3. The number of nitrogens with zero attached hydrogens (tertiary/aromatic N) is 1. The number of benzene rings is 1. The van der Waals surface area contributed by atoms with Gasteiger partial charge in [-0.1, -0.05) is 24.6 Å². The maximum absolute atomic E-state index is 13.4. The molecule has 4 heteroatoms. The molecule has 0 aliphatic rings. The van der Waals surface area contributed by atoms with Crippen molar-refractivity contribution in [1.29, 1.82) is 0 Å². The van der Waals surface area contributed by atoms with Gasteiger partial charge in [-0.15, -0.1) is 0 Å².